The van der Waals surface area contributed by atoms with Crippen LogP contribution >= 0.6 is 0 Å². The highest BCUT2D eigenvalue weighted by Gasteiger charge is 2.19. The largest absolute Gasteiger partial charge is 0.462 e. The van der Waals surface area contributed by atoms with E-state index in [9.17, 15) is 14.4 Å². The summed E-state index contributed by atoms with van der Waals surface area (Å²) in [6, 6.07) is 0. The minimum Gasteiger partial charge on any atom is -0.462 e. The van der Waals surface area contributed by atoms with Gasteiger partial charge in [-0.25, -0.2) is 0 Å². The van der Waals surface area contributed by atoms with Crippen LogP contribution in [-0.4, -0.2) is 37.2 Å². The zero-order valence-electron chi connectivity index (χ0n) is 51.1. The van der Waals surface area contributed by atoms with Crippen LogP contribution in [0.25, 0.3) is 0 Å². The SMILES string of the molecule is CCCCCCCCC/C=C\CCCCCCCCCC(=O)OC(COC(=O)CCCCCCCC)COC(=O)CCCCCCCCCCCCCCCCCCCCCCCCCCCCCCCCCCC. The van der Waals surface area contributed by atoms with Gasteiger partial charge < -0.3 is 14.2 Å². The second-order valence-corrected chi connectivity index (χ2v) is 23.5. The molecule has 0 N–H and O–H groups in total. The lowest BCUT2D eigenvalue weighted by atomic mass is 10.0. The Bertz CT molecular complexity index is 1170. The summed E-state index contributed by atoms with van der Waals surface area (Å²) < 4.78 is 16.8. The molecule has 0 aliphatic heterocycles. The number of allylic oxidation sites excluding steroid dienone is 2. The lowest BCUT2D eigenvalue weighted by molar-refractivity contribution is -0.167. The molecule has 0 fully saturated rings. The normalized spacial score (nSPS) is 12.0. The maximum atomic E-state index is 12.8. The van der Waals surface area contributed by atoms with Crippen molar-refractivity contribution < 1.29 is 28.6 Å². The van der Waals surface area contributed by atoms with Crippen molar-refractivity contribution in [1.82, 2.24) is 0 Å². The minimum atomic E-state index is -0.766. The molecule has 0 aromatic rings. The maximum Gasteiger partial charge on any atom is 0.306 e. The first-order valence-corrected chi connectivity index (χ1v) is 34.2. The first-order valence-electron chi connectivity index (χ1n) is 34.2. The molecule has 0 saturated heterocycles. The third-order valence-electron chi connectivity index (χ3n) is 15.8. The molecule has 75 heavy (non-hydrogen) atoms. The van der Waals surface area contributed by atoms with Crippen molar-refractivity contribution in [3.63, 3.8) is 0 Å². The number of ether oxygens (including phenoxy) is 3. The molecular weight excluding hydrogens is 925 g/mol. The molecule has 444 valence electrons. The molecule has 1 atom stereocenters. The fourth-order valence-corrected chi connectivity index (χ4v) is 10.6. The van der Waals surface area contributed by atoms with Gasteiger partial charge in [-0.05, 0) is 44.9 Å². The Morgan fingerprint density at radius 3 is 0.667 bits per heavy atom. The van der Waals surface area contributed by atoms with Crippen molar-refractivity contribution in [2.45, 2.75) is 399 Å². The highest BCUT2D eigenvalue weighted by atomic mass is 16.6. The van der Waals surface area contributed by atoms with Gasteiger partial charge >= 0.3 is 17.9 Å². The summed E-state index contributed by atoms with van der Waals surface area (Å²) in [5.41, 5.74) is 0. The van der Waals surface area contributed by atoms with Crippen LogP contribution in [-0.2, 0) is 28.6 Å². The molecule has 0 aromatic carbocycles. The van der Waals surface area contributed by atoms with Crippen LogP contribution in [0.5, 0.6) is 0 Å². The molecule has 0 aliphatic carbocycles. The van der Waals surface area contributed by atoms with Crippen LogP contribution in [0.4, 0.5) is 0 Å². The molecule has 0 aromatic heterocycles. The summed E-state index contributed by atoms with van der Waals surface area (Å²) in [7, 11) is 0. The van der Waals surface area contributed by atoms with Crippen LogP contribution in [0.1, 0.15) is 393 Å². The average molecular weight is 1060 g/mol. The highest BCUT2D eigenvalue weighted by molar-refractivity contribution is 5.71. The number of hydrogen-bond acceptors (Lipinski definition) is 6. The van der Waals surface area contributed by atoms with E-state index in [1.807, 2.05) is 0 Å². The van der Waals surface area contributed by atoms with Gasteiger partial charge in [-0.15, -0.1) is 0 Å². The van der Waals surface area contributed by atoms with Gasteiger partial charge in [-0.1, -0.05) is 341 Å². The van der Waals surface area contributed by atoms with Crippen LogP contribution in [0.2, 0.25) is 0 Å². The van der Waals surface area contributed by atoms with Crippen molar-refractivity contribution in [2.75, 3.05) is 13.2 Å². The van der Waals surface area contributed by atoms with E-state index in [4.69, 9.17) is 14.2 Å². The summed E-state index contributed by atoms with van der Waals surface area (Å²) in [6.07, 6.45) is 77.2. The molecule has 0 bridgehead atoms. The Hall–Kier alpha value is -1.85. The maximum absolute atomic E-state index is 12.8. The Balaban J connectivity index is 3.90. The van der Waals surface area contributed by atoms with E-state index in [2.05, 4.69) is 32.9 Å². The third-order valence-corrected chi connectivity index (χ3v) is 15.8. The molecule has 0 saturated carbocycles. The molecule has 0 aliphatic rings. The summed E-state index contributed by atoms with van der Waals surface area (Å²) in [6.45, 7) is 6.64. The van der Waals surface area contributed by atoms with Crippen LogP contribution in [0, 0.1) is 0 Å². The molecule has 1 unspecified atom stereocenters. The Morgan fingerprint density at radius 2 is 0.440 bits per heavy atom. The van der Waals surface area contributed by atoms with E-state index in [0.29, 0.717) is 19.3 Å². The van der Waals surface area contributed by atoms with Gasteiger partial charge in [0.1, 0.15) is 13.2 Å². The Morgan fingerprint density at radius 1 is 0.253 bits per heavy atom. The molecular formula is C69H132O6. The van der Waals surface area contributed by atoms with E-state index in [-0.39, 0.29) is 31.1 Å². The first-order chi connectivity index (χ1) is 37.0. The van der Waals surface area contributed by atoms with Crippen molar-refractivity contribution in [3.05, 3.63) is 12.2 Å². The number of rotatable bonds is 64. The fourth-order valence-electron chi connectivity index (χ4n) is 10.6. The van der Waals surface area contributed by atoms with Gasteiger partial charge in [-0.2, -0.15) is 0 Å². The van der Waals surface area contributed by atoms with Crippen molar-refractivity contribution in [3.8, 4) is 0 Å². The number of hydrogen-bond donors (Lipinski definition) is 0. The van der Waals surface area contributed by atoms with Crippen LogP contribution in [0.15, 0.2) is 12.2 Å². The molecule has 6 heteroatoms. The van der Waals surface area contributed by atoms with Crippen LogP contribution in [0.3, 0.4) is 0 Å². The van der Waals surface area contributed by atoms with Crippen molar-refractivity contribution >= 4 is 17.9 Å². The highest BCUT2D eigenvalue weighted by Crippen LogP contribution is 2.19. The lowest BCUT2D eigenvalue weighted by Crippen LogP contribution is -2.30. The molecule has 0 heterocycles. The van der Waals surface area contributed by atoms with E-state index in [1.165, 1.54) is 295 Å². The van der Waals surface area contributed by atoms with Crippen molar-refractivity contribution in [1.29, 1.82) is 0 Å². The Kier molecular flexibility index (Phi) is 63.1. The molecule has 6 nitrogen and oxygen atoms in total. The van der Waals surface area contributed by atoms with Gasteiger partial charge in [0.05, 0.1) is 0 Å². The molecule has 0 rings (SSSR count). The summed E-state index contributed by atoms with van der Waals surface area (Å²) in [5, 5.41) is 0. The predicted octanol–water partition coefficient (Wildman–Crippen LogP) is 23.2. The summed E-state index contributed by atoms with van der Waals surface area (Å²) >= 11 is 0. The average Bonchev–Trinajstić information content (AvgIpc) is 3.41. The topological polar surface area (TPSA) is 78.9 Å². The molecule has 0 radical (unpaired) electrons. The number of esters is 3. The van der Waals surface area contributed by atoms with Gasteiger partial charge in [0.25, 0.3) is 0 Å². The number of carbonyl (C=O) groups is 3. The zero-order valence-corrected chi connectivity index (χ0v) is 51.1. The van der Waals surface area contributed by atoms with Crippen LogP contribution < -0.4 is 0 Å². The third kappa shape index (κ3) is 62.9. The molecule has 0 spiro atoms. The van der Waals surface area contributed by atoms with Gasteiger partial charge in [0.2, 0.25) is 0 Å². The van der Waals surface area contributed by atoms with E-state index in [1.54, 1.807) is 0 Å². The van der Waals surface area contributed by atoms with Gasteiger partial charge in [0, 0.05) is 19.3 Å². The fraction of sp³-hybridized carbons (Fsp3) is 0.928. The van der Waals surface area contributed by atoms with Gasteiger partial charge in [0.15, 0.2) is 6.10 Å². The molecule has 0 amide bonds. The van der Waals surface area contributed by atoms with E-state index < -0.39 is 6.10 Å². The Labute approximate surface area is 469 Å². The van der Waals surface area contributed by atoms with E-state index in [0.717, 1.165) is 57.8 Å². The summed E-state index contributed by atoms with van der Waals surface area (Å²) in [5.74, 6) is -0.855. The number of carbonyl (C=O) groups excluding carboxylic acids is 3. The van der Waals surface area contributed by atoms with Gasteiger partial charge in [-0.3, -0.25) is 14.4 Å². The van der Waals surface area contributed by atoms with Crippen molar-refractivity contribution in [2.24, 2.45) is 0 Å². The second kappa shape index (κ2) is 64.7. The zero-order chi connectivity index (χ0) is 54.3. The number of unbranched alkanes of at least 4 members (excludes halogenated alkanes) is 51. The summed E-state index contributed by atoms with van der Waals surface area (Å²) in [4.78, 5) is 38.0. The smallest absolute Gasteiger partial charge is 0.306 e. The predicted molar refractivity (Wildman–Crippen MR) is 326 cm³/mol. The second-order valence-electron chi connectivity index (χ2n) is 23.5. The minimum absolute atomic E-state index is 0.0666. The lowest BCUT2D eigenvalue weighted by Gasteiger charge is -2.18. The standard InChI is InChI=1S/C69H132O6/c1-4-7-10-13-16-18-20-22-24-26-28-29-30-31-32-33-34-35-36-37-38-39-40-41-42-44-45-47-49-51-53-56-59-62-68(71)74-65-66(64-73-67(70)61-58-55-15-12-9-6-3)75-69(72)63-60-57-54-52-50-48-46-43-27-25-23-21-19-17-14-11-8-5-2/h25,27,66H,4-24,26,28-65H2,1-3H3/b27-25-. The monoisotopic (exact) mass is 1060 g/mol. The quantitative estimate of drug-likeness (QED) is 0.0261. The first kappa shape index (κ1) is 73.2. The van der Waals surface area contributed by atoms with E-state index >= 15 is 0 Å².